The van der Waals surface area contributed by atoms with Crippen LogP contribution in [-0.2, 0) is 0 Å². The molecule has 0 bridgehead atoms. The zero-order chi connectivity index (χ0) is 10.5. The highest BCUT2D eigenvalue weighted by Gasteiger charge is 2.23. The first-order valence-electron chi connectivity index (χ1n) is 5.32. The first-order chi connectivity index (χ1) is 5.94. The van der Waals surface area contributed by atoms with E-state index in [1.54, 1.807) is 0 Å². The third-order valence-electron chi connectivity index (χ3n) is 2.76. The molecule has 0 heterocycles. The second kappa shape index (κ2) is 5.61. The quantitative estimate of drug-likeness (QED) is 0.594. The van der Waals surface area contributed by atoms with Crippen molar-refractivity contribution in [2.75, 3.05) is 19.3 Å². The highest BCUT2D eigenvalue weighted by atomic mass is 28.3. The van der Waals surface area contributed by atoms with Gasteiger partial charge >= 0.3 is 0 Å². The highest BCUT2D eigenvalue weighted by Crippen LogP contribution is 2.13. The molecule has 13 heavy (non-hydrogen) atoms. The summed E-state index contributed by atoms with van der Waals surface area (Å²) in [5, 5.41) is 1.42. The van der Waals surface area contributed by atoms with Gasteiger partial charge in [-0.2, -0.15) is 0 Å². The largest absolute Gasteiger partial charge is 0.306 e. The Bertz CT molecular complexity index is 163. The molecular weight excluding hydrogens is 174 g/mol. The van der Waals surface area contributed by atoms with Gasteiger partial charge in [0.1, 0.15) is 0 Å². The molecule has 2 heteroatoms. The summed E-state index contributed by atoms with van der Waals surface area (Å²) in [4.78, 5) is 2.56. The van der Waals surface area contributed by atoms with Gasteiger partial charge in [0, 0.05) is 0 Å². The molecule has 0 N–H and O–H groups in total. The van der Waals surface area contributed by atoms with Crippen LogP contribution >= 0.6 is 0 Å². The minimum atomic E-state index is -1.17. The van der Waals surface area contributed by atoms with E-state index in [0.717, 1.165) is 0 Å². The normalized spacial score (nSPS) is 12.2. The Kier molecular flexibility index (Phi) is 5.57. The van der Waals surface area contributed by atoms with Gasteiger partial charge in [0.15, 0.2) is 0 Å². The Balaban J connectivity index is 4.13. The monoisotopic (exact) mass is 199 g/mol. The topological polar surface area (TPSA) is 3.24 Å². The molecule has 0 aromatic heterocycles. The van der Waals surface area contributed by atoms with E-state index in [-0.39, 0.29) is 0 Å². The molecular formula is C11H25NSi. The molecule has 0 saturated heterocycles. The van der Waals surface area contributed by atoms with Crippen LogP contribution in [0.15, 0.2) is 11.8 Å². The van der Waals surface area contributed by atoms with Gasteiger partial charge in [-0.05, 0) is 32.6 Å². The average Bonchev–Trinajstić information content (AvgIpc) is 2.03. The Labute approximate surface area is 84.8 Å². The summed E-state index contributed by atoms with van der Waals surface area (Å²) in [6, 6.07) is 0. The fraction of sp³-hybridized carbons (Fsp3) is 0.818. The third kappa shape index (κ3) is 4.63. The fourth-order valence-corrected chi connectivity index (χ4v) is 3.13. The SMILES string of the molecule is C=C(C)[Si](C)(C)CN(CC)CCC. The molecule has 78 valence electrons. The van der Waals surface area contributed by atoms with Crippen LogP contribution in [0.4, 0.5) is 0 Å². The van der Waals surface area contributed by atoms with Crippen molar-refractivity contribution >= 4 is 8.07 Å². The first kappa shape index (κ1) is 12.9. The van der Waals surface area contributed by atoms with Crippen molar-refractivity contribution in [3.05, 3.63) is 11.8 Å². The molecule has 0 spiro atoms. The maximum atomic E-state index is 4.11. The molecule has 0 aliphatic heterocycles. The Morgan fingerprint density at radius 1 is 1.31 bits per heavy atom. The van der Waals surface area contributed by atoms with Crippen LogP contribution in [0.5, 0.6) is 0 Å². The number of hydrogen-bond donors (Lipinski definition) is 0. The lowest BCUT2D eigenvalue weighted by molar-refractivity contribution is 0.330. The summed E-state index contributed by atoms with van der Waals surface area (Å²) in [5.41, 5.74) is 0. The molecule has 0 aromatic carbocycles. The molecule has 0 atom stereocenters. The van der Waals surface area contributed by atoms with Gasteiger partial charge in [0.05, 0.1) is 8.07 Å². The van der Waals surface area contributed by atoms with Crippen LogP contribution in [-0.4, -0.2) is 32.2 Å². The molecule has 0 amide bonds. The van der Waals surface area contributed by atoms with Gasteiger partial charge < -0.3 is 4.90 Å². The minimum absolute atomic E-state index is 1.17. The highest BCUT2D eigenvalue weighted by molar-refractivity contribution is 6.84. The van der Waals surface area contributed by atoms with Crippen molar-refractivity contribution in [3.63, 3.8) is 0 Å². The summed E-state index contributed by atoms with van der Waals surface area (Å²) in [7, 11) is -1.17. The van der Waals surface area contributed by atoms with Crippen molar-refractivity contribution in [2.45, 2.75) is 40.3 Å². The van der Waals surface area contributed by atoms with Crippen LogP contribution in [0.3, 0.4) is 0 Å². The van der Waals surface area contributed by atoms with Gasteiger partial charge in [-0.3, -0.25) is 0 Å². The number of allylic oxidation sites excluding steroid dienone is 1. The van der Waals surface area contributed by atoms with E-state index in [0.29, 0.717) is 0 Å². The molecule has 0 aliphatic carbocycles. The van der Waals surface area contributed by atoms with Gasteiger partial charge in [0.25, 0.3) is 0 Å². The second-order valence-electron chi connectivity index (χ2n) is 4.53. The van der Waals surface area contributed by atoms with Crippen molar-refractivity contribution < 1.29 is 0 Å². The van der Waals surface area contributed by atoms with Crippen LogP contribution in [0, 0.1) is 0 Å². The van der Waals surface area contributed by atoms with Crippen molar-refractivity contribution in [1.82, 2.24) is 4.90 Å². The molecule has 0 aliphatic rings. The predicted molar refractivity (Wildman–Crippen MR) is 64.7 cm³/mol. The standard InChI is InChI=1S/C11H25NSi/c1-7-9-12(8-2)10-13(5,6)11(3)4/h3,7-10H2,1-2,4-6H3. The molecule has 0 rings (SSSR count). The van der Waals surface area contributed by atoms with Gasteiger partial charge in [-0.15, -0.1) is 6.58 Å². The zero-order valence-electron chi connectivity index (χ0n) is 9.98. The maximum absolute atomic E-state index is 4.11. The van der Waals surface area contributed by atoms with Crippen molar-refractivity contribution in [3.8, 4) is 0 Å². The van der Waals surface area contributed by atoms with Crippen LogP contribution < -0.4 is 0 Å². The van der Waals surface area contributed by atoms with Gasteiger partial charge in [0.2, 0.25) is 0 Å². The number of rotatable bonds is 6. The summed E-state index contributed by atoms with van der Waals surface area (Å²) in [6.45, 7) is 18.0. The number of nitrogens with zero attached hydrogens (tertiary/aromatic N) is 1. The predicted octanol–water partition coefficient (Wildman–Crippen LogP) is 3.08. The van der Waals surface area contributed by atoms with Crippen LogP contribution in [0.25, 0.3) is 0 Å². The van der Waals surface area contributed by atoms with E-state index >= 15 is 0 Å². The Morgan fingerprint density at radius 3 is 2.15 bits per heavy atom. The van der Waals surface area contributed by atoms with Crippen molar-refractivity contribution in [2.24, 2.45) is 0 Å². The summed E-state index contributed by atoms with van der Waals surface area (Å²) in [5.74, 6) is 0. The van der Waals surface area contributed by atoms with E-state index < -0.39 is 8.07 Å². The molecule has 0 aromatic rings. The Hall–Kier alpha value is -0.0831. The van der Waals surface area contributed by atoms with Crippen LogP contribution in [0.1, 0.15) is 27.2 Å². The first-order valence-corrected chi connectivity index (χ1v) is 8.53. The van der Waals surface area contributed by atoms with Crippen LogP contribution in [0.2, 0.25) is 13.1 Å². The van der Waals surface area contributed by atoms with Crippen molar-refractivity contribution in [1.29, 1.82) is 0 Å². The molecule has 0 unspecified atom stereocenters. The summed E-state index contributed by atoms with van der Waals surface area (Å²) < 4.78 is 0. The summed E-state index contributed by atoms with van der Waals surface area (Å²) in [6.07, 6.45) is 2.53. The lowest BCUT2D eigenvalue weighted by Gasteiger charge is -2.30. The Morgan fingerprint density at radius 2 is 1.85 bits per heavy atom. The molecule has 0 saturated carbocycles. The fourth-order valence-electron chi connectivity index (χ4n) is 1.36. The molecule has 0 fully saturated rings. The molecule has 0 radical (unpaired) electrons. The smallest absolute Gasteiger partial charge is 0.0886 e. The third-order valence-corrected chi connectivity index (χ3v) is 6.31. The second-order valence-corrected chi connectivity index (χ2v) is 9.47. The van der Waals surface area contributed by atoms with E-state index in [4.69, 9.17) is 0 Å². The zero-order valence-corrected chi connectivity index (χ0v) is 11.0. The minimum Gasteiger partial charge on any atom is -0.306 e. The van der Waals surface area contributed by atoms with E-state index in [1.165, 1.54) is 30.9 Å². The molecule has 1 nitrogen and oxygen atoms in total. The lowest BCUT2D eigenvalue weighted by Crippen LogP contribution is -2.43. The van der Waals surface area contributed by atoms with E-state index in [1.807, 2.05) is 0 Å². The summed E-state index contributed by atoms with van der Waals surface area (Å²) >= 11 is 0. The van der Waals surface area contributed by atoms with E-state index in [2.05, 4.69) is 45.3 Å². The van der Waals surface area contributed by atoms with E-state index in [9.17, 15) is 0 Å². The van der Waals surface area contributed by atoms with Gasteiger partial charge in [-0.1, -0.05) is 32.1 Å². The maximum Gasteiger partial charge on any atom is 0.0886 e. The average molecular weight is 199 g/mol. The number of hydrogen-bond acceptors (Lipinski definition) is 1. The van der Waals surface area contributed by atoms with Gasteiger partial charge in [-0.25, -0.2) is 0 Å². The lowest BCUT2D eigenvalue weighted by atomic mass is 10.4.